The van der Waals surface area contributed by atoms with Gasteiger partial charge in [-0.15, -0.1) is 0 Å². The highest BCUT2D eigenvalue weighted by Gasteiger charge is 2.34. The summed E-state index contributed by atoms with van der Waals surface area (Å²) in [7, 11) is 1.33. The van der Waals surface area contributed by atoms with Crippen molar-refractivity contribution >= 4 is 11.9 Å². The molecule has 4 nitrogen and oxygen atoms in total. The van der Waals surface area contributed by atoms with Crippen molar-refractivity contribution in [2.45, 2.75) is 25.3 Å². The fourth-order valence-corrected chi connectivity index (χ4v) is 3.16. The minimum absolute atomic E-state index is 0.167. The van der Waals surface area contributed by atoms with Crippen LogP contribution in [0, 0.1) is 0 Å². The first-order valence-corrected chi connectivity index (χ1v) is 7.73. The number of esters is 1. The van der Waals surface area contributed by atoms with Crippen LogP contribution in [0.3, 0.4) is 0 Å². The molecule has 1 aliphatic carbocycles. The van der Waals surface area contributed by atoms with Gasteiger partial charge in [0.2, 0.25) is 5.91 Å². The van der Waals surface area contributed by atoms with Gasteiger partial charge in [-0.3, -0.25) is 4.79 Å². The molecule has 1 amide bonds. The first kappa shape index (κ1) is 15.3. The molecule has 0 aromatic heterocycles. The van der Waals surface area contributed by atoms with E-state index in [1.54, 1.807) is 0 Å². The highest BCUT2D eigenvalue weighted by atomic mass is 16.5. The fourth-order valence-electron chi connectivity index (χ4n) is 3.16. The summed E-state index contributed by atoms with van der Waals surface area (Å²) in [5.41, 5.74) is 4.11. The van der Waals surface area contributed by atoms with Gasteiger partial charge in [0.25, 0.3) is 0 Å². The zero-order chi connectivity index (χ0) is 16.4. The summed E-state index contributed by atoms with van der Waals surface area (Å²) in [4.78, 5) is 24.6. The van der Waals surface area contributed by atoms with Crippen molar-refractivity contribution in [1.82, 2.24) is 5.32 Å². The number of methoxy groups -OCH3 is 1. The number of benzene rings is 2. The van der Waals surface area contributed by atoms with Gasteiger partial charge in [-0.05, 0) is 28.7 Å². The molecule has 1 aliphatic rings. The summed E-state index contributed by atoms with van der Waals surface area (Å²) in [5, 5.41) is 2.83. The predicted molar refractivity (Wildman–Crippen MR) is 88.0 cm³/mol. The first-order valence-electron chi connectivity index (χ1n) is 7.73. The number of ether oxygens (including phenoxy) is 1. The minimum Gasteiger partial charge on any atom is -0.467 e. The van der Waals surface area contributed by atoms with E-state index >= 15 is 0 Å². The van der Waals surface area contributed by atoms with Crippen LogP contribution < -0.4 is 5.32 Å². The van der Waals surface area contributed by atoms with E-state index in [2.05, 4.69) is 5.32 Å². The second-order valence-electron chi connectivity index (χ2n) is 5.60. The maximum atomic E-state index is 12.8. The largest absolute Gasteiger partial charge is 0.467 e. The number of fused-ring (bicyclic) bond motifs is 3. The predicted octanol–water partition coefficient (Wildman–Crippen LogP) is 2.87. The summed E-state index contributed by atoms with van der Waals surface area (Å²) >= 11 is 0. The number of carbonyl (C=O) groups excluding carboxylic acids is 2. The average Bonchev–Trinajstić information content (AvgIpc) is 2.93. The van der Waals surface area contributed by atoms with Crippen LogP contribution in [0.1, 0.15) is 30.4 Å². The van der Waals surface area contributed by atoms with E-state index in [1.165, 1.54) is 7.11 Å². The van der Waals surface area contributed by atoms with Crippen LogP contribution in [-0.2, 0) is 14.3 Å². The lowest BCUT2D eigenvalue weighted by molar-refractivity contribution is -0.145. The Balaban J connectivity index is 1.96. The average molecular weight is 309 g/mol. The van der Waals surface area contributed by atoms with Crippen LogP contribution in [0.5, 0.6) is 0 Å². The Labute approximate surface area is 135 Å². The second kappa shape index (κ2) is 6.24. The quantitative estimate of drug-likeness (QED) is 0.884. The molecule has 23 heavy (non-hydrogen) atoms. The van der Waals surface area contributed by atoms with E-state index in [4.69, 9.17) is 4.74 Å². The van der Waals surface area contributed by atoms with E-state index in [1.807, 2.05) is 55.5 Å². The van der Waals surface area contributed by atoms with Crippen molar-refractivity contribution in [3.05, 3.63) is 59.7 Å². The summed E-state index contributed by atoms with van der Waals surface area (Å²) in [6.07, 6.45) is 0.494. The Hall–Kier alpha value is -2.62. The number of hydrogen-bond acceptors (Lipinski definition) is 3. The molecule has 1 N–H and O–H groups in total. The molecule has 0 bridgehead atoms. The van der Waals surface area contributed by atoms with Crippen LogP contribution in [0.15, 0.2) is 48.5 Å². The summed E-state index contributed by atoms with van der Waals surface area (Å²) in [5.74, 6) is -0.971. The van der Waals surface area contributed by atoms with Crippen molar-refractivity contribution in [3.8, 4) is 11.1 Å². The topological polar surface area (TPSA) is 55.4 Å². The Kier molecular flexibility index (Phi) is 4.15. The minimum atomic E-state index is -0.618. The van der Waals surface area contributed by atoms with Crippen LogP contribution in [0.4, 0.5) is 0 Å². The fraction of sp³-hybridized carbons (Fsp3) is 0.263. The molecular weight excluding hydrogens is 290 g/mol. The SMILES string of the molecule is CC[C@H](NC(=O)C1c2ccccc2-c2ccccc21)C(=O)OC. The maximum Gasteiger partial charge on any atom is 0.328 e. The Morgan fingerprint density at radius 2 is 1.57 bits per heavy atom. The van der Waals surface area contributed by atoms with Crippen LogP contribution in [-0.4, -0.2) is 25.0 Å². The van der Waals surface area contributed by atoms with Gasteiger partial charge in [-0.1, -0.05) is 55.5 Å². The zero-order valence-electron chi connectivity index (χ0n) is 13.2. The van der Waals surface area contributed by atoms with Crippen molar-refractivity contribution < 1.29 is 14.3 Å². The normalized spacial score (nSPS) is 13.8. The van der Waals surface area contributed by atoms with Gasteiger partial charge in [0.1, 0.15) is 6.04 Å². The molecule has 118 valence electrons. The number of rotatable bonds is 4. The van der Waals surface area contributed by atoms with Crippen molar-refractivity contribution in [3.63, 3.8) is 0 Å². The van der Waals surface area contributed by atoms with E-state index < -0.39 is 12.0 Å². The van der Waals surface area contributed by atoms with Crippen molar-refractivity contribution in [2.75, 3.05) is 7.11 Å². The zero-order valence-corrected chi connectivity index (χ0v) is 13.2. The third-order valence-electron chi connectivity index (χ3n) is 4.31. The van der Waals surface area contributed by atoms with E-state index in [0.717, 1.165) is 22.3 Å². The molecule has 0 heterocycles. The number of nitrogens with one attached hydrogen (secondary N) is 1. The van der Waals surface area contributed by atoms with Gasteiger partial charge >= 0.3 is 5.97 Å². The molecule has 3 rings (SSSR count). The van der Waals surface area contributed by atoms with Crippen LogP contribution in [0.2, 0.25) is 0 Å². The summed E-state index contributed by atoms with van der Waals surface area (Å²) in [6, 6.07) is 15.2. The molecule has 0 unspecified atom stereocenters. The smallest absolute Gasteiger partial charge is 0.328 e. The van der Waals surface area contributed by atoms with Gasteiger partial charge in [-0.25, -0.2) is 4.79 Å². The highest BCUT2D eigenvalue weighted by Crippen LogP contribution is 2.44. The van der Waals surface area contributed by atoms with Gasteiger partial charge < -0.3 is 10.1 Å². The number of carbonyl (C=O) groups is 2. The molecule has 4 heteroatoms. The van der Waals surface area contributed by atoms with Crippen LogP contribution in [0.25, 0.3) is 11.1 Å². The molecule has 0 spiro atoms. The lowest BCUT2D eigenvalue weighted by atomic mass is 9.95. The van der Waals surface area contributed by atoms with Crippen molar-refractivity contribution in [2.24, 2.45) is 0 Å². The number of hydrogen-bond donors (Lipinski definition) is 1. The monoisotopic (exact) mass is 309 g/mol. The molecule has 1 atom stereocenters. The van der Waals surface area contributed by atoms with Crippen LogP contribution >= 0.6 is 0 Å². The molecule has 0 saturated carbocycles. The lowest BCUT2D eigenvalue weighted by Gasteiger charge is -2.19. The summed E-state index contributed by atoms with van der Waals surface area (Å²) < 4.78 is 4.75. The number of amides is 1. The first-order chi connectivity index (χ1) is 11.2. The van der Waals surface area contributed by atoms with Gasteiger partial charge in [0.15, 0.2) is 0 Å². The van der Waals surface area contributed by atoms with Crippen molar-refractivity contribution in [1.29, 1.82) is 0 Å². The lowest BCUT2D eigenvalue weighted by Crippen LogP contribution is -2.43. The van der Waals surface area contributed by atoms with E-state index in [0.29, 0.717) is 6.42 Å². The Bertz CT molecular complexity index is 708. The molecule has 2 aromatic carbocycles. The van der Waals surface area contributed by atoms with Gasteiger partial charge in [-0.2, -0.15) is 0 Å². The maximum absolute atomic E-state index is 12.8. The summed E-state index contributed by atoms with van der Waals surface area (Å²) in [6.45, 7) is 1.85. The highest BCUT2D eigenvalue weighted by molar-refractivity contribution is 5.97. The molecular formula is C19H19NO3. The van der Waals surface area contributed by atoms with Gasteiger partial charge in [0, 0.05) is 0 Å². The molecule has 0 saturated heterocycles. The molecule has 0 aliphatic heterocycles. The van der Waals surface area contributed by atoms with E-state index in [-0.39, 0.29) is 11.8 Å². The molecule has 2 aromatic rings. The van der Waals surface area contributed by atoms with E-state index in [9.17, 15) is 9.59 Å². The third-order valence-corrected chi connectivity index (χ3v) is 4.31. The standard InChI is InChI=1S/C19H19NO3/c1-3-16(19(22)23-2)20-18(21)17-14-10-6-4-8-12(14)13-9-5-7-11-15(13)17/h4-11,16-17H,3H2,1-2H3,(H,20,21)/t16-/m0/s1. The third kappa shape index (κ3) is 2.61. The Morgan fingerprint density at radius 3 is 2.04 bits per heavy atom. The second-order valence-corrected chi connectivity index (χ2v) is 5.60. The molecule has 0 fully saturated rings. The Morgan fingerprint density at radius 1 is 1.04 bits per heavy atom. The van der Waals surface area contributed by atoms with Gasteiger partial charge in [0.05, 0.1) is 13.0 Å². The molecule has 0 radical (unpaired) electrons.